The summed E-state index contributed by atoms with van der Waals surface area (Å²) in [7, 11) is 1.68. The second-order valence-electron chi connectivity index (χ2n) is 6.13. The van der Waals surface area contributed by atoms with Crippen LogP contribution in [0.15, 0.2) is 18.2 Å². The van der Waals surface area contributed by atoms with E-state index in [1.54, 1.807) is 7.11 Å². The maximum Gasteiger partial charge on any atom is 0.230 e. The number of methoxy groups -OCH3 is 1. The molecule has 4 nitrogen and oxygen atoms in total. The average molecular weight is 304 g/mol. The number of hydrogen-bond acceptors (Lipinski definition) is 3. The Hall–Kier alpha value is -1.55. The Morgan fingerprint density at radius 2 is 2.05 bits per heavy atom. The molecular formula is C18H28N2O2. The van der Waals surface area contributed by atoms with E-state index < -0.39 is 0 Å². The van der Waals surface area contributed by atoms with Crippen LogP contribution in [0.3, 0.4) is 0 Å². The minimum absolute atomic E-state index is 0.156. The van der Waals surface area contributed by atoms with E-state index in [9.17, 15) is 4.79 Å². The molecule has 1 fully saturated rings. The Morgan fingerprint density at radius 1 is 1.27 bits per heavy atom. The Morgan fingerprint density at radius 3 is 2.64 bits per heavy atom. The first kappa shape index (κ1) is 16.8. The lowest BCUT2D eigenvalue weighted by Gasteiger charge is -2.41. The fourth-order valence-electron chi connectivity index (χ4n) is 3.03. The lowest BCUT2D eigenvalue weighted by molar-refractivity contribution is -0.129. The molecule has 1 saturated carbocycles. The van der Waals surface area contributed by atoms with Crippen LogP contribution in [0.2, 0.25) is 0 Å². The molecule has 2 rings (SSSR count). The molecule has 1 aromatic rings. The summed E-state index contributed by atoms with van der Waals surface area (Å²) in [5.41, 5.74) is 1.83. The Balaban J connectivity index is 2.03. The normalized spacial score (nSPS) is 16.0. The summed E-state index contributed by atoms with van der Waals surface area (Å²) < 4.78 is 5.41. The van der Waals surface area contributed by atoms with Crippen LogP contribution in [0.1, 0.15) is 43.7 Å². The molecule has 0 atom stereocenters. The summed E-state index contributed by atoms with van der Waals surface area (Å²) in [6, 6.07) is 6.15. The van der Waals surface area contributed by atoms with Gasteiger partial charge in [-0.1, -0.05) is 25.5 Å². The quantitative estimate of drug-likeness (QED) is 0.726. The van der Waals surface area contributed by atoms with Crippen molar-refractivity contribution in [2.75, 3.05) is 26.7 Å². The maximum absolute atomic E-state index is 12.7. The first-order valence-corrected chi connectivity index (χ1v) is 8.28. The van der Waals surface area contributed by atoms with E-state index in [4.69, 9.17) is 4.74 Å². The first-order valence-electron chi connectivity index (χ1n) is 8.28. The molecule has 22 heavy (non-hydrogen) atoms. The van der Waals surface area contributed by atoms with Crippen LogP contribution in [0.4, 0.5) is 0 Å². The number of nitrogens with one attached hydrogen (secondary N) is 2. The predicted molar refractivity (Wildman–Crippen MR) is 89.4 cm³/mol. The van der Waals surface area contributed by atoms with Crippen LogP contribution in [0.25, 0.3) is 0 Å². The van der Waals surface area contributed by atoms with Gasteiger partial charge >= 0.3 is 0 Å². The molecule has 0 spiro atoms. The van der Waals surface area contributed by atoms with Gasteiger partial charge in [-0.15, -0.1) is 0 Å². The molecule has 0 unspecified atom stereocenters. The lowest BCUT2D eigenvalue weighted by atomic mass is 9.63. The molecule has 1 aromatic carbocycles. The number of carbonyl (C=O) groups excluding carboxylic acids is 1. The van der Waals surface area contributed by atoms with E-state index >= 15 is 0 Å². The Labute approximate surface area is 133 Å². The van der Waals surface area contributed by atoms with Crippen molar-refractivity contribution in [1.29, 1.82) is 0 Å². The molecule has 1 aliphatic rings. The van der Waals surface area contributed by atoms with Crippen LogP contribution in [-0.4, -0.2) is 32.7 Å². The van der Waals surface area contributed by atoms with Crippen molar-refractivity contribution in [3.8, 4) is 5.75 Å². The van der Waals surface area contributed by atoms with Gasteiger partial charge in [0.25, 0.3) is 0 Å². The highest BCUT2D eigenvalue weighted by molar-refractivity contribution is 5.89. The molecule has 0 bridgehead atoms. The monoisotopic (exact) mass is 304 g/mol. The van der Waals surface area contributed by atoms with E-state index in [0.717, 1.165) is 55.6 Å². The van der Waals surface area contributed by atoms with Gasteiger partial charge in [-0.3, -0.25) is 4.79 Å². The number of benzene rings is 1. The molecule has 1 amide bonds. The molecule has 2 N–H and O–H groups in total. The largest absolute Gasteiger partial charge is 0.496 e. The van der Waals surface area contributed by atoms with E-state index in [2.05, 4.69) is 23.6 Å². The predicted octanol–water partition coefficient (Wildman–Crippen LogP) is 2.54. The smallest absolute Gasteiger partial charge is 0.230 e. The standard InChI is InChI=1S/C18H28N2O2/c1-4-10-19-11-12-20-17(21)18(8-5-9-18)15-7-6-14(2)16(13-15)22-3/h6-7,13,19H,4-5,8-12H2,1-3H3,(H,20,21). The topological polar surface area (TPSA) is 50.4 Å². The Kier molecular flexibility index (Phi) is 5.83. The highest BCUT2D eigenvalue weighted by Crippen LogP contribution is 2.45. The highest BCUT2D eigenvalue weighted by Gasteiger charge is 2.45. The number of hydrogen-bond donors (Lipinski definition) is 2. The van der Waals surface area contributed by atoms with Gasteiger partial charge in [0.2, 0.25) is 5.91 Å². The second kappa shape index (κ2) is 7.63. The van der Waals surface area contributed by atoms with E-state index in [1.807, 2.05) is 19.1 Å². The molecule has 0 aromatic heterocycles. The summed E-state index contributed by atoms with van der Waals surface area (Å²) in [5, 5.41) is 6.40. The van der Waals surface area contributed by atoms with Crippen LogP contribution in [-0.2, 0) is 10.2 Å². The average Bonchev–Trinajstić information content (AvgIpc) is 2.47. The van der Waals surface area contributed by atoms with Crippen molar-refractivity contribution < 1.29 is 9.53 Å². The van der Waals surface area contributed by atoms with Gasteiger partial charge in [0.1, 0.15) is 5.75 Å². The fourth-order valence-corrected chi connectivity index (χ4v) is 3.03. The van der Waals surface area contributed by atoms with Crippen LogP contribution < -0.4 is 15.4 Å². The van der Waals surface area contributed by atoms with Crippen molar-refractivity contribution in [3.05, 3.63) is 29.3 Å². The van der Waals surface area contributed by atoms with Gasteiger partial charge in [-0.05, 0) is 49.9 Å². The lowest BCUT2D eigenvalue weighted by Crippen LogP contribution is -2.50. The first-order chi connectivity index (χ1) is 10.6. The third-order valence-corrected chi connectivity index (χ3v) is 4.62. The zero-order chi connectivity index (χ0) is 16.0. The minimum Gasteiger partial charge on any atom is -0.496 e. The van der Waals surface area contributed by atoms with Gasteiger partial charge in [-0.2, -0.15) is 0 Å². The summed E-state index contributed by atoms with van der Waals surface area (Å²) in [6.07, 6.45) is 4.07. The SMILES string of the molecule is CCCNCCNC(=O)C1(c2ccc(C)c(OC)c2)CCC1. The van der Waals surface area contributed by atoms with E-state index in [0.29, 0.717) is 6.54 Å². The van der Waals surface area contributed by atoms with Gasteiger partial charge < -0.3 is 15.4 Å². The molecule has 1 aliphatic carbocycles. The molecular weight excluding hydrogens is 276 g/mol. The second-order valence-corrected chi connectivity index (χ2v) is 6.13. The Bertz CT molecular complexity index is 510. The van der Waals surface area contributed by atoms with Gasteiger partial charge in [-0.25, -0.2) is 0 Å². The van der Waals surface area contributed by atoms with Crippen molar-refractivity contribution in [1.82, 2.24) is 10.6 Å². The highest BCUT2D eigenvalue weighted by atomic mass is 16.5. The van der Waals surface area contributed by atoms with E-state index in [-0.39, 0.29) is 11.3 Å². The van der Waals surface area contributed by atoms with Gasteiger partial charge in [0, 0.05) is 13.1 Å². The molecule has 0 radical (unpaired) electrons. The minimum atomic E-state index is -0.355. The van der Waals surface area contributed by atoms with Crippen LogP contribution in [0, 0.1) is 6.92 Å². The van der Waals surface area contributed by atoms with Crippen molar-refractivity contribution >= 4 is 5.91 Å². The van der Waals surface area contributed by atoms with Crippen LogP contribution >= 0.6 is 0 Å². The van der Waals surface area contributed by atoms with Crippen LogP contribution in [0.5, 0.6) is 5.75 Å². The summed E-state index contributed by atoms with van der Waals surface area (Å²) in [4.78, 5) is 12.7. The molecule has 4 heteroatoms. The number of amides is 1. The number of rotatable bonds is 8. The number of ether oxygens (including phenoxy) is 1. The van der Waals surface area contributed by atoms with E-state index in [1.165, 1.54) is 0 Å². The zero-order valence-corrected chi connectivity index (χ0v) is 14.0. The number of carbonyl (C=O) groups is 1. The van der Waals surface area contributed by atoms with Gasteiger partial charge in [0.05, 0.1) is 12.5 Å². The van der Waals surface area contributed by atoms with Crippen molar-refractivity contribution in [2.24, 2.45) is 0 Å². The fraction of sp³-hybridized carbons (Fsp3) is 0.611. The number of aryl methyl sites for hydroxylation is 1. The molecule has 122 valence electrons. The maximum atomic E-state index is 12.7. The molecule has 0 saturated heterocycles. The summed E-state index contributed by atoms with van der Waals surface area (Å²) in [5.74, 6) is 1.02. The third-order valence-electron chi connectivity index (χ3n) is 4.62. The molecule has 0 aliphatic heterocycles. The summed E-state index contributed by atoms with van der Waals surface area (Å²) >= 11 is 0. The summed E-state index contributed by atoms with van der Waals surface area (Å²) in [6.45, 7) is 6.67. The van der Waals surface area contributed by atoms with Crippen molar-refractivity contribution in [2.45, 2.75) is 44.9 Å². The molecule has 0 heterocycles. The third kappa shape index (κ3) is 3.43. The van der Waals surface area contributed by atoms with Gasteiger partial charge in [0.15, 0.2) is 0 Å². The zero-order valence-electron chi connectivity index (χ0n) is 14.0. The van der Waals surface area contributed by atoms with Crippen molar-refractivity contribution in [3.63, 3.8) is 0 Å².